The summed E-state index contributed by atoms with van der Waals surface area (Å²) in [6, 6.07) is 13.0. The van der Waals surface area contributed by atoms with Gasteiger partial charge in [0.15, 0.2) is 0 Å². The highest BCUT2D eigenvalue weighted by atomic mass is 16.5. The standard InChI is InChI=1S/C17H15N3O2/c1-11-4-3-5-15-16(11)17(19-10-18-15)22-14-8-6-13(7-9-14)20-12(2)21/h3-10H,1-2H3,(H,20,21). The monoisotopic (exact) mass is 293 g/mol. The minimum absolute atomic E-state index is 0.105. The van der Waals surface area contributed by atoms with E-state index in [1.165, 1.54) is 13.3 Å². The van der Waals surface area contributed by atoms with Crippen molar-refractivity contribution in [2.75, 3.05) is 5.32 Å². The van der Waals surface area contributed by atoms with Gasteiger partial charge >= 0.3 is 0 Å². The van der Waals surface area contributed by atoms with Crippen LogP contribution in [0.5, 0.6) is 11.6 Å². The lowest BCUT2D eigenvalue weighted by Gasteiger charge is -2.09. The molecule has 110 valence electrons. The number of nitrogens with zero attached hydrogens (tertiary/aromatic N) is 2. The van der Waals surface area contributed by atoms with Crippen LogP contribution >= 0.6 is 0 Å². The van der Waals surface area contributed by atoms with Crippen LogP contribution in [0.25, 0.3) is 10.9 Å². The lowest BCUT2D eigenvalue weighted by atomic mass is 10.1. The normalized spacial score (nSPS) is 10.5. The number of carbonyl (C=O) groups is 1. The molecule has 5 heteroatoms. The molecule has 1 heterocycles. The summed E-state index contributed by atoms with van der Waals surface area (Å²) in [5.41, 5.74) is 2.63. The third kappa shape index (κ3) is 2.88. The van der Waals surface area contributed by atoms with Gasteiger partial charge in [-0.2, -0.15) is 0 Å². The van der Waals surface area contributed by atoms with E-state index in [1.54, 1.807) is 24.3 Å². The maximum Gasteiger partial charge on any atom is 0.230 e. The van der Waals surface area contributed by atoms with E-state index in [0.29, 0.717) is 11.6 Å². The van der Waals surface area contributed by atoms with Gasteiger partial charge in [-0.15, -0.1) is 0 Å². The first kappa shape index (κ1) is 14.0. The van der Waals surface area contributed by atoms with Gasteiger partial charge in [0.2, 0.25) is 11.8 Å². The minimum Gasteiger partial charge on any atom is -0.438 e. The number of benzene rings is 2. The van der Waals surface area contributed by atoms with Gasteiger partial charge in [0.05, 0.1) is 10.9 Å². The average Bonchev–Trinajstić information content (AvgIpc) is 2.49. The Morgan fingerprint density at radius 1 is 1.09 bits per heavy atom. The summed E-state index contributed by atoms with van der Waals surface area (Å²) in [4.78, 5) is 19.5. The Bertz CT molecular complexity index is 824. The lowest BCUT2D eigenvalue weighted by molar-refractivity contribution is -0.114. The first-order chi connectivity index (χ1) is 10.6. The van der Waals surface area contributed by atoms with Crippen LogP contribution in [0.1, 0.15) is 12.5 Å². The average molecular weight is 293 g/mol. The maximum absolute atomic E-state index is 11.0. The number of carbonyl (C=O) groups excluding carboxylic acids is 1. The van der Waals surface area contributed by atoms with Crippen molar-refractivity contribution in [2.24, 2.45) is 0 Å². The number of rotatable bonds is 3. The molecule has 0 aliphatic heterocycles. The fourth-order valence-corrected chi connectivity index (χ4v) is 2.24. The summed E-state index contributed by atoms with van der Waals surface area (Å²) < 4.78 is 5.87. The molecule has 3 aromatic rings. The van der Waals surface area contributed by atoms with Crippen LogP contribution in [-0.2, 0) is 4.79 Å². The number of nitrogens with one attached hydrogen (secondary N) is 1. The van der Waals surface area contributed by atoms with Gasteiger partial charge in [-0.25, -0.2) is 9.97 Å². The Hall–Kier alpha value is -2.95. The van der Waals surface area contributed by atoms with Crippen molar-refractivity contribution in [1.29, 1.82) is 0 Å². The van der Waals surface area contributed by atoms with Crippen LogP contribution in [0, 0.1) is 6.92 Å². The van der Waals surface area contributed by atoms with Crippen molar-refractivity contribution < 1.29 is 9.53 Å². The molecule has 0 unspecified atom stereocenters. The lowest BCUT2D eigenvalue weighted by Crippen LogP contribution is -2.05. The van der Waals surface area contributed by atoms with Gasteiger partial charge in [0, 0.05) is 12.6 Å². The van der Waals surface area contributed by atoms with Gasteiger partial charge < -0.3 is 10.1 Å². The van der Waals surface area contributed by atoms with Crippen LogP contribution in [0.3, 0.4) is 0 Å². The first-order valence-corrected chi connectivity index (χ1v) is 6.89. The largest absolute Gasteiger partial charge is 0.438 e. The number of hydrogen-bond acceptors (Lipinski definition) is 4. The number of ether oxygens (including phenoxy) is 1. The quantitative estimate of drug-likeness (QED) is 0.800. The molecule has 1 N–H and O–H groups in total. The molecule has 0 spiro atoms. The van der Waals surface area contributed by atoms with Gasteiger partial charge in [-0.05, 0) is 42.8 Å². The number of fused-ring (bicyclic) bond motifs is 1. The van der Waals surface area contributed by atoms with Gasteiger partial charge in [-0.1, -0.05) is 12.1 Å². The Balaban J connectivity index is 1.92. The maximum atomic E-state index is 11.0. The highest BCUT2D eigenvalue weighted by Crippen LogP contribution is 2.29. The molecule has 22 heavy (non-hydrogen) atoms. The molecule has 0 aliphatic rings. The fourth-order valence-electron chi connectivity index (χ4n) is 2.24. The van der Waals surface area contributed by atoms with Crippen molar-refractivity contribution in [3.63, 3.8) is 0 Å². The topological polar surface area (TPSA) is 64.1 Å². The number of aromatic nitrogens is 2. The molecule has 0 atom stereocenters. The van der Waals surface area contributed by atoms with Crippen LogP contribution in [0.15, 0.2) is 48.8 Å². The predicted octanol–water partition coefficient (Wildman–Crippen LogP) is 3.69. The summed E-state index contributed by atoms with van der Waals surface area (Å²) in [6.45, 7) is 3.47. The molecule has 0 aliphatic carbocycles. The Kier molecular flexibility index (Phi) is 3.70. The van der Waals surface area contributed by atoms with Gasteiger partial charge in [-0.3, -0.25) is 4.79 Å². The molecule has 0 saturated carbocycles. The van der Waals surface area contributed by atoms with Crippen LogP contribution in [-0.4, -0.2) is 15.9 Å². The van der Waals surface area contributed by atoms with Gasteiger partial charge in [0.1, 0.15) is 12.1 Å². The molecule has 0 radical (unpaired) electrons. The molecule has 1 amide bonds. The van der Waals surface area contributed by atoms with E-state index in [4.69, 9.17) is 4.74 Å². The first-order valence-electron chi connectivity index (χ1n) is 6.89. The Labute approximate surface area is 128 Å². The number of anilines is 1. The zero-order chi connectivity index (χ0) is 15.5. The SMILES string of the molecule is CC(=O)Nc1ccc(Oc2ncnc3cccc(C)c23)cc1. The summed E-state index contributed by atoms with van der Waals surface area (Å²) in [6.07, 6.45) is 1.49. The Morgan fingerprint density at radius 2 is 1.86 bits per heavy atom. The zero-order valence-corrected chi connectivity index (χ0v) is 12.3. The second-order valence-corrected chi connectivity index (χ2v) is 4.96. The number of hydrogen-bond donors (Lipinski definition) is 1. The van der Waals surface area contributed by atoms with E-state index in [2.05, 4.69) is 15.3 Å². The number of aryl methyl sites for hydroxylation is 1. The highest BCUT2D eigenvalue weighted by molar-refractivity contribution is 5.89. The zero-order valence-electron chi connectivity index (χ0n) is 12.3. The predicted molar refractivity (Wildman–Crippen MR) is 85.1 cm³/mol. The van der Waals surface area contributed by atoms with Gasteiger partial charge in [0.25, 0.3) is 0 Å². The summed E-state index contributed by atoms with van der Waals surface area (Å²) in [7, 11) is 0. The van der Waals surface area contributed by atoms with E-state index in [-0.39, 0.29) is 5.91 Å². The van der Waals surface area contributed by atoms with Crippen LogP contribution in [0.2, 0.25) is 0 Å². The molecule has 0 bridgehead atoms. The van der Waals surface area contributed by atoms with Crippen molar-refractivity contribution in [1.82, 2.24) is 9.97 Å². The van der Waals surface area contributed by atoms with Crippen molar-refractivity contribution in [3.05, 3.63) is 54.4 Å². The molecule has 5 nitrogen and oxygen atoms in total. The summed E-state index contributed by atoms with van der Waals surface area (Å²) in [5, 5.41) is 3.61. The molecular formula is C17H15N3O2. The van der Waals surface area contributed by atoms with E-state index in [9.17, 15) is 4.79 Å². The summed E-state index contributed by atoms with van der Waals surface area (Å²) in [5.74, 6) is 1.07. The molecule has 0 saturated heterocycles. The van der Waals surface area contributed by atoms with Crippen LogP contribution < -0.4 is 10.1 Å². The molecule has 0 fully saturated rings. The van der Waals surface area contributed by atoms with E-state index >= 15 is 0 Å². The van der Waals surface area contributed by atoms with Crippen molar-refractivity contribution in [2.45, 2.75) is 13.8 Å². The second-order valence-electron chi connectivity index (χ2n) is 4.96. The third-order valence-electron chi connectivity index (χ3n) is 3.23. The highest BCUT2D eigenvalue weighted by Gasteiger charge is 2.08. The molecule has 1 aromatic heterocycles. The van der Waals surface area contributed by atoms with Crippen LogP contribution in [0.4, 0.5) is 5.69 Å². The number of amides is 1. The summed E-state index contributed by atoms with van der Waals surface area (Å²) >= 11 is 0. The molecule has 2 aromatic carbocycles. The van der Waals surface area contributed by atoms with Crippen molar-refractivity contribution in [3.8, 4) is 11.6 Å². The van der Waals surface area contributed by atoms with E-state index < -0.39 is 0 Å². The van der Waals surface area contributed by atoms with Crippen molar-refractivity contribution >= 4 is 22.5 Å². The molecule has 3 rings (SSSR count). The van der Waals surface area contributed by atoms with E-state index in [0.717, 1.165) is 22.2 Å². The third-order valence-corrected chi connectivity index (χ3v) is 3.23. The smallest absolute Gasteiger partial charge is 0.230 e. The van der Waals surface area contributed by atoms with E-state index in [1.807, 2.05) is 25.1 Å². The Morgan fingerprint density at radius 3 is 2.59 bits per heavy atom. The minimum atomic E-state index is -0.105. The molecular weight excluding hydrogens is 278 g/mol. The fraction of sp³-hybridized carbons (Fsp3) is 0.118. The second kappa shape index (κ2) is 5.81.